The summed E-state index contributed by atoms with van der Waals surface area (Å²) in [4.78, 5) is 24.9. The van der Waals surface area contributed by atoms with Crippen LogP contribution in [-0.2, 0) is 14.3 Å². The van der Waals surface area contributed by atoms with Crippen molar-refractivity contribution in [1.82, 2.24) is 4.90 Å². The number of hydrogen-bond donors (Lipinski definition) is 0. The van der Waals surface area contributed by atoms with Crippen LogP contribution in [0.1, 0.15) is 39.5 Å². The number of hydrogen-bond acceptors (Lipinski definition) is 3. The van der Waals surface area contributed by atoms with E-state index in [9.17, 15) is 9.59 Å². The average Bonchev–Trinajstić information content (AvgIpc) is 2.33. The van der Waals surface area contributed by atoms with Crippen LogP contribution >= 0.6 is 15.9 Å². The molecule has 0 unspecified atom stereocenters. The van der Waals surface area contributed by atoms with Crippen LogP contribution in [0.3, 0.4) is 0 Å². The summed E-state index contributed by atoms with van der Waals surface area (Å²) in [6.45, 7) is 5.29. The van der Waals surface area contributed by atoms with Crippen molar-refractivity contribution in [1.29, 1.82) is 0 Å². The van der Waals surface area contributed by atoms with Crippen LogP contribution in [0.15, 0.2) is 0 Å². The van der Waals surface area contributed by atoms with E-state index in [0.29, 0.717) is 25.4 Å². The Balaban J connectivity index is 4.19. The summed E-state index contributed by atoms with van der Waals surface area (Å²) in [6.07, 6.45) is 2.71. The summed E-state index contributed by atoms with van der Waals surface area (Å²) in [6, 6.07) is 0. The summed E-state index contributed by atoms with van der Waals surface area (Å²) >= 11 is 3.35. The number of rotatable bonds is 9. The molecule has 0 N–H and O–H groups in total. The van der Waals surface area contributed by atoms with E-state index in [1.54, 1.807) is 4.90 Å². The Bertz CT molecular complexity index is 257. The van der Waals surface area contributed by atoms with Gasteiger partial charge in [0.05, 0.1) is 13.5 Å². The molecular weight excluding hydrogens is 298 g/mol. The van der Waals surface area contributed by atoms with Crippen LogP contribution in [0.25, 0.3) is 0 Å². The van der Waals surface area contributed by atoms with Gasteiger partial charge < -0.3 is 9.64 Å². The number of nitrogens with zero attached hydrogens (tertiary/aromatic N) is 1. The first-order valence-corrected chi connectivity index (χ1v) is 7.54. The monoisotopic (exact) mass is 321 g/mol. The number of esters is 1. The van der Waals surface area contributed by atoms with Crippen molar-refractivity contribution in [2.75, 3.05) is 25.5 Å². The first-order valence-electron chi connectivity index (χ1n) is 6.41. The van der Waals surface area contributed by atoms with E-state index in [1.165, 1.54) is 7.11 Å². The van der Waals surface area contributed by atoms with E-state index < -0.39 is 0 Å². The van der Waals surface area contributed by atoms with Gasteiger partial charge in [0.1, 0.15) is 0 Å². The molecule has 0 saturated carbocycles. The van der Waals surface area contributed by atoms with Crippen molar-refractivity contribution in [3.05, 3.63) is 0 Å². The van der Waals surface area contributed by atoms with Crippen molar-refractivity contribution < 1.29 is 14.3 Å². The number of carbonyl (C=O) groups excluding carboxylic acids is 2. The SMILES string of the molecule is COC(=O)CCN(CC(C)C)C(=O)CCCCBr. The highest BCUT2D eigenvalue weighted by atomic mass is 79.9. The lowest BCUT2D eigenvalue weighted by atomic mass is 10.1. The summed E-state index contributed by atoms with van der Waals surface area (Å²) < 4.78 is 4.60. The molecule has 18 heavy (non-hydrogen) atoms. The predicted octanol–water partition coefficient (Wildman–Crippen LogP) is 2.60. The smallest absolute Gasteiger partial charge is 0.307 e. The number of unbranched alkanes of at least 4 members (excludes halogenated alkanes) is 1. The number of halogens is 1. The molecule has 0 spiro atoms. The van der Waals surface area contributed by atoms with E-state index in [4.69, 9.17) is 0 Å². The predicted molar refractivity (Wildman–Crippen MR) is 75.7 cm³/mol. The molecule has 0 atom stereocenters. The van der Waals surface area contributed by atoms with Gasteiger partial charge in [-0.05, 0) is 18.8 Å². The van der Waals surface area contributed by atoms with Gasteiger partial charge in [-0.3, -0.25) is 9.59 Å². The van der Waals surface area contributed by atoms with Gasteiger partial charge >= 0.3 is 5.97 Å². The molecule has 0 aromatic heterocycles. The highest BCUT2D eigenvalue weighted by Crippen LogP contribution is 2.07. The highest BCUT2D eigenvalue weighted by Gasteiger charge is 2.15. The standard InChI is InChI=1S/C13H24BrNO3/c1-11(2)10-15(9-7-13(17)18-3)12(16)6-4-5-8-14/h11H,4-10H2,1-3H3. The van der Waals surface area contributed by atoms with Gasteiger partial charge in [0.15, 0.2) is 0 Å². The second-order valence-corrected chi connectivity index (χ2v) is 5.50. The first-order chi connectivity index (χ1) is 8.51. The average molecular weight is 322 g/mol. The van der Waals surface area contributed by atoms with Crippen LogP contribution in [0, 0.1) is 5.92 Å². The first kappa shape index (κ1) is 17.4. The largest absolute Gasteiger partial charge is 0.469 e. The normalized spacial score (nSPS) is 10.5. The lowest BCUT2D eigenvalue weighted by Gasteiger charge is -2.24. The van der Waals surface area contributed by atoms with Crippen LogP contribution < -0.4 is 0 Å². The van der Waals surface area contributed by atoms with Gasteiger partial charge in [0.2, 0.25) is 5.91 Å². The van der Waals surface area contributed by atoms with E-state index >= 15 is 0 Å². The minimum Gasteiger partial charge on any atom is -0.469 e. The molecule has 106 valence electrons. The van der Waals surface area contributed by atoms with E-state index in [-0.39, 0.29) is 18.3 Å². The van der Waals surface area contributed by atoms with Gasteiger partial charge in [0.25, 0.3) is 0 Å². The third-order valence-electron chi connectivity index (χ3n) is 2.53. The highest BCUT2D eigenvalue weighted by molar-refractivity contribution is 9.09. The maximum atomic E-state index is 12.0. The summed E-state index contributed by atoms with van der Waals surface area (Å²) in [5, 5.41) is 0.923. The lowest BCUT2D eigenvalue weighted by molar-refractivity contribution is -0.141. The fraction of sp³-hybridized carbons (Fsp3) is 0.846. The maximum absolute atomic E-state index is 12.0. The molecule has 0 fully saturated rings. The molecule has 0 aliphatic carbocycles. The van der Waals surface area contributed by atoms with Gasteiger partial charge in [0, 0.05) is 24.8 Å². The molecule has 4 nitrogen and oxygen atoms in total. The fourth-order valence-electron chi connectivity index (χ4n) is 1.62. The molecule has 0 aliphatic heterocycles. The zero-order chi connectivity index (χ0) is 14.0. The second kappa shape index (κ2) is 10.4. The zero-order valence-electron chi connectivity index (χ0n) is 11.6. The quantitative estimate of drug-likeness (QED) is 0.372. The van der Waals surface area contributed by atoms with Gasteiger partial charge in [-0.1, -0.05) is 29.8 Å². The lowest BCUT2D eigenvalue weighted by Crippen LogP contribution is -2.35. The molecule has 0 saturated heterocycles. The van der Waals surface area contributed by atoms with Gasteiger partial charge in [-0.15, -0.1) is 0 Å². The number of amides is 1. The third kappa shape index (κ3) is 8.50. The Kier molecular flexibility index (Phi) is 10.0. The molecule has 0 aromatic carbocycles. The Morgan fingerprint density at radius 1 is 1.22 bits per heavy atom. The number of carbonyl (C=O) groups is 2. The van der Waals surface area contributed by atoms with Crippen LogP contribution in [0.4, 0.5) is 0 Å². The number of ether oxygens (including phenoxy) is 1. The molecule has 0 bridgehead atoms. The topological polar surface area (TPSA) is 46.6 Å². The maximum Gasteiger partial charge on any atom is 0.307 e. The fourth-order valence-corrected chi connectivity index (χ4v) is 2.01. The molecule has 0 aliphatic rings. The molecule has 0 radical (unpaired) electrons. The van der Waals surface area contributed by atoms with Crippen LogP contribution in [0.5, 0.6) is 0 Å². The van der Waals surface area contributed by atoms with E-state index in [0.717, 1.165) is 18.2 Å². The van der Waals surface area contributed by atoms with Gasteiger partial charge in [-0.2, -0.15) is 0 Å². The Hall–Kier alpha value is -0.580. The molecule has 0 aromatic rings. The van der Waals surface area contributed by atoms with Crippen molar-refractivity contribution in [3.63, 3.8) is 0 Å². The molecule has 1 amide bonds. The number of alkyl halides is 1. The van der Waals surface area contributed by atoms with Crippen molar-refractivity contribution in [2.45, 2.75) is 39.5 Å². The Morgan fingerprint density at radius 3 is 2.39 bits per heavy atom. The summed E-state index contributed by atoms with van der Waals surface area (Å²) in [5.74, 6) is 0.272. The molecule has 5 heteroatoms. The second-order valence-electron chi connectivity index (χ2n) is 4.71. The minimum absolute atomic E-state index is 0.133. The molecule has 0 rings (SSSR count). The minimum atomic E-state index is -0.267. The van der Waals surface area contributed by atoms with Crippen LogP contribution in [0.2, 0.25) is 0 Å². The summed E-state index contributed by atoms with van der Waals surface area (Å²) in [7, 11) is 1.37. The van der Waals surface area contributed by atoms with E-state index in [1.807, 2.05) is 0 Å². The third-order valence-corrected chi connectivity index (χ3v) is 3.09. The molecule has 0 heterocycles. The van der Waals surface area contributed by atoms with Crippen molar-refractivity contribution >= 4 is 27.8 Å². The number of methoxy groups -OCH3 is 1. The van der Waals surface area contributed by atoms with Crippen LogP contribution in [-0.4, -0.2) is 42.3 Å². The summed E-state index contributed by atoms with van der Waals surface area (Å²) in [5.41, 5.74) is 0. The van der Waals surface area contributed by atoms with E-state index in [2.05, 4.69) is 34.5 Å². The Morgan fingerprint density at radius 2 is 1.89 bits per heavy atom. The molecular formula is C13H24BrNO3. The van der Waals surface area contributed by atoms with Crippen molar-refractivity contribution in [3.8, 4) is 0 Å². The zero-order valence-corrected chi connectivity index (χ0v) is 13.2. The Labute approximate surface area is 118 Å². The van der Waals surface area contributed by atoms with Crippen molar-refractivity contribution in [2.24, 2.45) is 5.92 Å². The van der Waals surface area contributed by atoms with Gasteiger partial charge in [-0.25, -0.2) is 0 Å².